The molecule has 1 aliphatic heterocycles. The number of hydrogen-bond donors (Lipinski definition) is 2. The zero-order valence-corrected chi connectivity index (χ0v) is 17.3. The number of anilines is 2. The van der Waals surface area contributed by atoms with Gasteiger partial charge in [-0.3, -0.25) is 14.5 Å². The number of nitrogens with zero attached hydrogens (tertiary/aromatic N) is 1. The zero-order chi connectivity index (χ0) is 20.8. The minimum atomic E-state index is -0.340. The van der Waals surface area contributed by atoms with Crippen molar-refractivity contribution in [3.63, 3.8) is 0 Å². The maximum atomic E-state index is 12.8. The molecule has 0 unspecified atom stereocenters. The van der Waals surface area contributed by atoms with Gasteiger partial charge < -0.3 is 15.4 Å². The number of carbonyl (C=O) groups is 2. The predicted octanol–water partition coefficient (Wildman–Crippen LogP) is 3.68. The molecule has 1 fully saturated rings. The molecule has 0 aromatic heterocycles. The molecule has 0 radical (unpaired) electrons. The van der Waals surface area contributed by atoms with Crippen LogP contribution in [0.15, 0.2) is 48.5 Å². The molecular formula is C23H29N3O3. The molecule has 1 heterocycles. The SMILES string of the molecule is COc1ccc(C)cc1NC(=O)[C@H](C)N1CCC[C@H](C(=O)Nc2ccccc2)C1. The van der Waals surface area contributed by atoms with E-state index in [-0.39, 0.29) is 23.8 Å². The lowest BCUT2D eigenvalue weighted by Gasteiger charge is -2.35. The van der Waals surface area contributed by atoms with E-state index in [9.17, 15) is 9.59 Å². The summed E-state index contributed by atoms with van der Waals surface area (Å²) >= 11 is 0. The van der Waals surface area contributed by atoms with Gasteiger partial charge in [0, 0.05) is 12.2 Å². The van der Waals surface area contributed by atoms with Gasteiger partial charge in [-0.25, -0.2) is 0 Å². The molecule has 29 heavy (non-hydrogen) atoms. The van der Waals surface area contributed by atoms with Crippen molar-refractivity contribution in [1.29, 1.82) is 0 Å². The van der Waals surface area contributed by atoms with Crippen molar-refractivity contribution in [1.82, 2.24) is 4.90 Å². The molecule has 2 aromatic carbocycles. The molecular weight excluding hydrogens is 366 g/mol. The van der Waals surface area contributed by atoms with Gasteiger partial charge in [0.05, 0.1) is 24.8 Å². The Morgan fingerprint density at radius 2 is 1.90 bits per heavy atom. The van der Waals surface area contributed by atoms with Crippen LogP contribution in [0.25, 0.3) is 0 Å². The van der Waals surface area contributed by atoms with Crippen molar-refractivity contribution in [2.24, 2.45) is 5.92 Å². The Kier molecular flexibility index (Phi) is 6.88. The van der Waals surface area contributed by atoms with Gasteiger partial charge in [0.2, 0.25) is 11.8 Å². The first-order valence-electron chi connectivity index (χ1n) is 10.0. The number of hydrogen-bond acceptors (Lipinski definition) is 4. The predicted molar refractivity (Wildman–Crippen MR) is 115 cm³/mol. The van der Waals surface area contributed by atoms with Gasteiger partial charge in [0.1, 0.15) is 5.75 Å². The van der Waals surface area contributed by atoms with E-state index in [0.29, 0.717) is 18.0 Å². The Balaban J connectivity index is 1.61. The summed E-state index contributed by atoms with van der Waals surface area (Å²) in [6.45, 7) is 5.22. The monoisotopic (exact) mass is 395 g/mol. The third kappa shape index (κ3) is 5.35. The van der Waals surface area contributed by atoms with E-state index >= 15 is 0 Å². The standard InChI is InChI=1S/C23H29N3O3/c1-16-11-12-21(29-3)20(14-16)25-22(27)17(2)26-13-7-8-18(15-26)23(28)24-19-9-5-4-6-10-19/h4-6,9-12,14,17-18H,7-8,13,15H2,1-3H3,(H,24,28)(H,25,27)/t17-,18-/m0/s1. The van der Waals surface area contributed by atoms with Crippen LogP contribution in [0.1, 0.15) is 25.3 Å². The van der Waals surface area contributed by atoms with Crippen molar-refractivity contribution in [3.05, 3.63) is 54.1 Å². The third-order valence-electron chi connectivity index (χ3n) is 5.40. The lowest BCUT2D eigenvalue weighted by molar-refractivity contribution is -0.125. The minimum Gasteiger partial charge on any atom is -0.495 e. The summed E-state index contributed by atoms with van der Waals surface area (Å²) in [5.41, 5.74) is 2.51. The molecule has 1 saturated heterocycles. The van der Waals surface area contributed by atoms with Crippen LogP contribution in [0, 0.1) is 12.8 Å². The van der Waals surface area contributed by atoms with Crippen molar-refractivity contribution in [3.8, 4) is 5.75 Å². The Labute approximate surface area is 172 Å². The van der Waals surface area contributed by atoms with Crippen LogP contribution < -0.4 is 15.4 Å². The highest BCUT2D eigenvalue weighted by atomic mass is 16.5. The van der Waals surface area contributed by atoms with Crippen molar-refractivity contribution in [2.45, 2.75) is 32.7 Å². The average molecular weight is 396 g/mol. The number of ether oxygens (including phenoxy) is 1. The van der Waals surface area contributed by atoms with Gasteiger partial charge in [-0.05, 0) is 63.1 Å². The molecule has 0 saturated carbocycles. The average Bonchev–Trinajstić information content (AvgIpc) is 2.74. The number of aryl methyl sites for hydroxylation is 1. The molecule has 2 amide bonds. The Bertz CT molecular complexity index is 854. The number of amides is 2. The molecule has 2 N–H and O–H groups in total. The van der Waals surface area contributed by atoms with Crippen LogP contribution in [-0.4, -0.2) is 43.0 Å². The Morgan fingerprint density at radius 3 is 2.62 bits per heavy atom. The summed E-state index contributed by atoms with van der Waals surface area (Å²) in [7, 11) is 1.59. The normalized spacial score (nSPS) is 18.0. The minimum absolute atomic E-state index is 0.00821. The molecule has 0 spiro atoms. The van der Waals surface area contributed by atoms with E-state index in [0.717, 1.165) is 30.6 Å². The molecule has 2 aromatic rings. The first kappa shape index (κ1) is 20.9. The summed E-state index contributed by atoms with van der Waals surface area (Å²) < 4.78 is 5.35. The second-order valence-corrected chi connectivity index (χ2v) is 7.56. The highest BCUT2D eigenvalue weighted by Gasteiger charge is 2.31. The Morgan fingerprint density at radius 1 is 1.14 bits per heavy atom. The summed E-state index contributed by atoms with van der Waals surface area (Å²) in [6, 6.07) is 14.8. The third-order valence-corrected chi connectivity index (χ3v) is 5.40. The Hall–Kier alpha value is -2.86. The number of rotatable bonds is 6. The van der Waals surface area contributed by atoms with E-state index in [4.69, 9.17) is 4.74 Å². The van der Waals surface area contributed by atoms with E-state index in [1.54, 1.807) is 7.11 Å². The molecule has 154 valence electrons. The molecule has 0 aliphatic carbocycles. The number of benzene rings is 2. The molecule has 2 atom stereocenters. The van der Waals surface area contributed by atoms with Crippen LogP contribution in [0.3, 0.4) is 0 Å². The molecule has 6 heteroatoms. The van der Waals surface area contributed by atoms with E-state index in [2.05, 4.69) is 15.5 Å². The lowest BCUT2D eigenvalue weighted by atomic mass is 9.95. The van der Waals surface area contributed by atoms with Crippen LogP contribution in [0.2, 0.25) is 0 Å². The van der Waals surface area contributed by atoms with Crippen LogP contribution in [0.4, 0.5) is 11.4 Å². The van der Waals surface area contributed by atoms with E-state index in [1.165, 1.54) is 0 Å². The fourth-order valence-corrected chi connectivity index (χ4v) is 3.66. The van der Waals surface area contributed by atoms with Crippen LogP contribution in [0.5, 0.6) is 5.75 Å². The maximum absolute atomic E-state index is 12.8. The van der Waals surface area contributed by atoms with Crippen LogP contribution in [-0.2, 0) is 9.59 Å². The van der Waals surface area contributed by atoms with Crippen molar-refractivity contribution >= 4 is 23.2 Å². The second kappa shape index (κ2) is 9.56. The van der Waals surface area contributed by atoms with Crippen molar-refractivity contribution in [2.75, 3.05) is 30.8 Å². The first-order valence-corrected chi connectivity index (χ1v) is 10.0. The fraction of sp³-hybridized carbons (Fsp3) is 0.391. The summed E-state index contributed by atoms with van der Waals surface area (Å²) in [5.74, 6) is 0.412. The second-order valence-electron chi connectivity index (χ2n) is 7.56. The molecule has 0 bridgehead atoms. The van der Waals surface area contributed by atoms with Crippen LogP contribution >= 0.6 is 0 Å². The van der Waals surface area contributed by atoms with Gasteiger partial charge in [0.25, 0.3) is 0 Å². The summed E-state index contributed by atoms with van der Waals surface area (Å²) in [5, 5.41) is 5.96. The number of nitrogens with one attached hydrogen (secondary N) is 2. The van der Waals surface area contributed by atoms with Gasteiger partial charge in [-0.15, -0.1) is 0 Å². The summed E-state index contributed by atoms with van der Waals surface area (Å²) in [6.07, 6.45) is 1.72. The molecule has 6 nitrogen and oxygen atoms in total. The molecule has 1 aliphatic rings. The van der Waals surface area contributed by atoms with Gasteiger partial charge in [0.15, 0.2) is 0 Å². The van der Waals surface area contributed by atoms with Crippen molar-refractivity contribution < 1.29 is 14.3 Å². The largest absolute Gasteiger partial charge is 0.495 e. The summed E-state index contributed by atoms with van der Waals surface area (Å²) in [4.78, 5) is 27.6. The maximum Gasteiger partial charge on any atom is 0.241 e. The van der Waals surface area contributed by atoms with Gasteiger partial charge >= 0.3 is 0 Å². The van der Waals surface area contributed by atoms with Gasteiger partial charge in [-0.2, -0.15) is 0 Å². The zero-order valence-electron chi connectivity index (χ0n) is 17.3. The first-order chi connectivity index (χ1) is 14.0. The number of likely N-dealkylation sites (tertiary alicyclic amines) is 1. The van der Waals surface area contributed by atoms with E-state index < -0.39 is 0 Å². The van der Waals surface area contributed by atoms with Gasteiger partial charge in [-0.1, -0.05) is 24.3 Å². The van der Waals surface area contributed by atoms with E-state index in [1.807, 2.05) is 62.4 Å². The topological polar surface area (TPSA) is 70.7 Å². The highest BCUT2D eigenvalue weighted by molar-refractivity contribution is 5.96. The number of piperidine rings is 1. The highest BCUT2D eigenvalue weighted by Crippen LogP contribution is 2.26. The lowest BCUT2D eigenvalue weighted by Crippen LogP contribution is -2.49. The molecule has 3 rings (SSSR count). The quantitative estimate of drug-likeness (QED) is 0.783. The smallest absolute Gasteiger partial charge is 0.241 e. The number of para-hydroxylation sites is 1. The fourth-order valence-electron chi connectivity index (χ4n) is 3.66. The number of carbonyl (C=O) groups excluding carboxylic acids is 2. The number of methoxy groups -OCH3 is 1.